The molecule has 0 bridgehead atoms. The number of aliphatic hydroxyl groups is 1. The van der Waals surface area contributed by atoms with Crippen LogP contribution < -0.4 is 11.5 Å². The van der Waals surface area contributed by atoms with Crippen LogP contribution in [0.4, 0.5) is 5.69 Å². The first-order chi connectivity index (χ1) is 10.2. The summed E-state index contributed by atoms with van der Waals surface area (Å²) in [6.07, 6.45) is -1.71. The molecule has 0 unspecified atom stereocenters. The highest BCUT2D eigenvalue weighted by atomic mass is 32.2. The smallest absolute Gasteiger partial charge is 0.323 e. The van der Waals surface area contributed by atoms with Crippen LogP contribution in [0.15, 0.2) is 41.3 Å². The van der Waals surface area contributed by atoms with Crippen LogP contribution in [0.3, 0.4) is 0 Å². The van der Waals surface area contributed by atoms with E-state index in [1.165, 1.54) is 12.1 Å². The Morgan fingerprint density at radius 2 is 1.73 bits per heavy atom. The first-order valence-electron chi connectivity index (χ1n) is 6.40. The number of sulfone groups is 1. The van der Waals surface area contributed by atoms with Crippen LogP contribution in [0.5, 0.6) is 0 Å². The zero-order chi connectivity index (χ0) is 16.5. The number of hydrogen-bond donors (Lipinski definition) is 4. The number of rotatable bonds is 5. The Morgan fingerprint density at radius 3 is 2.32 bits per heavy atom. The molecular weight excluding hydrogens is 308 g/mol. The van der Waals surface area contributed by atoms with Gasteiger partial charge in [-0.3, -0.25) is 4.79 Å². The van der Waals surface area contributed by atoms with Crippen LogP contribution in [0.25, 0.3) is 10.8 Å². The van der Waals surface area contributed by atoms with Crippen molar-refractivity contribution in [2.45, 2.75) is 17.0 Å². The molecule has 0 fully saturated rings. The lowest BCUT2D eigenvalue weighted by molar-refractivity contribution is -0.140. The van der Waals surface area contributed by atoms with Crippen LogP contribution in [-0.4, -0.2) is 42.5 Å². The Hall–Kier alpha value is -2.16. The lowest BCUT2D eigenvalue weighted by Crippen LogP contribution is -2.45. The van der Waals surface area contributed by atoms with Gasteiger partial charge in [-0.15, -0.1) is 0 Å². The van der Waals surface area contributed by atoms with Gasteiger partial charge >= 0.3 is 5.97 Å². The molecule has 0 saturated heterocycles. The molecule has 2 atom stereocenters. The van der Waals surface area contributed by atoms with E-state index < -0.39 is 33.7 Å². The second-order valence-electron chi connectivity index (χ2n) is 4.91. The van der Waals surface area contributed by atoms with Crippen molar-refractivity contribution < 1.29 is 23.4 Å². The van der Waals surface area contributed by atoms with E-state index in [-0.39, 0.29) is 4.90 Å². The fraction of sp³-hybridized carbons (Fsp3) is 0.214. The third-order valence-corrected chi connectivity index (χ3v) is 5.15. The minimum Gasteiger partial charge on any atom is -0.480 e. The van der Waals surface area contributed by atoms with E-state index >= 15 is 0 Å². The van der Waals surface area contributed by atoms with Crippen molar-refractivity contribution in [3.05, 3.63) is 36.4 Å². The summed E-state index contributed by atoms with van der Waals surface area (Å²) in [5.74, 6) is -2.25. The first-order valence-corrected chi connectivity index (χ1v) is 8.05. The molecular formula is C14H16N2O5S. The van der Waals surface area contributed by atoms with Gasteiger partial charge in [0.05, 0.1) is 16.8 Å². The summed E-state index contributed by atoms with van der Waals surface area (Å²) in [6.45, 7) is 0. The number of nitrogens with two attached hydrogens (primary N) is 2. The number of aliphatic hydroxyl groups excluding tert-OH is 1. The molecule has 0 aromatic heterocycles. The van der Waals surface area contributed by atoms with Gasteiger partial charge in [-0.1, -0.05) is 24.3 Å². The highest BCUT2D eigenvalue weighted by Gasteiger charge is 2.29. The molecule has 0 saturated carbocycles. The molecule has 22 heavy (non-hydrogen) atoms. The summed E-state index contributed by atoms with van der Waals surface area (Å²) in [4.78, 5) is 10.7. The minimum absolute atomic E-state index is 0.0195. The normalized spacial score (nSPS) is 14.6. The van der Waals surface area contributed by atoms with E-state index in [4.69, 9.17) is 16.6 Å². The number of benzene rings is 2. The van der Waals surface area contributed by atoms with Crippen molar-refractivity contribution in [3.8, 4) is 0 Å². The van der Waals surface area contributed by atoms with Gasteiger partial charge in [0.1, 0.15) is 6.04 Å². The third-order valence-electron chi connectivity index (χ3n) is 3.34. The number of aliphatic carboxylic acids is 1. The molecule has 0 aliphatic carbocycles. The summed E-state index contributed by atoms with van der Waals surface area (Å²) >= 11 is 0. The molecule has 2 aromatic carbocycles. The van der Waals surface area contributed by atoms with Gasteiger partial charge in [-0.05, 0) is 12.1 Å². The molecule has 2 rings (SSSR count). The fourth-order valence-electron chi connectivity index (χ4n) is 2.15. The van der Waals surface area contributed by atoms with Gasteiger partial charge in [0.25, 0.3) is 0 Å². The van der Waals surface area contributed by atoms with Crippen LogP contribution in [0, 0.1) is 0 Å². The Bertz CT molecular complexity index is 819. The van der Waals surface area contributed by atoms with E-state index in [1.807, 2.05) is 0 Å². The molecule has 8 heteroatoms. The maximum absolute atomic E-state index is 12.4. The number of hydrogen-bond acceptors (Lipinski definition) is 6. The monoisotopic (exact) mass is 324 g/mol. The van der Waals surface area contributed by atoms with Crippen molar-refractivity contribution in [2.75, 3.05) is 11.5 Å². The maximum Gasteiger partial charge on any atom is 0.323 e. The van der Waals surface area contributed by atoms with Gasteiger partial charge < -0.3 is 21.7 Å². The van der Waals surface area contributed by atoms with Crippen LogP contribution in [0.1, 0.15) is 0 Å². The quantitative estimate of drug-likeness (QED) is 0.565. The number of fused-ring (bicyclic) bond motifs is 1. The van der Waals surface area contributed by atoms with Crippen molar-refractivity contribution in [1.29, 1.82) is 0 Å². The topological polar surface area (TPSA) is 144 Å². The van der Waals surface area contributed by atoms with Gasteiger partial charge in [-0.25, -0.2) is 8.42 Å². The molecule has 0 radical (unpaired) electrons. The highest BCUT2D eigenvalue weighted by Crippen LogP contribution is 2.28. The molecule has 118 valence electrons. The van der Waals surface area contributed by atoms with Crippen LogP contribution >= 0.6 is 0 Å². The fourth-order valence-corrected chi connectivity index (χ4v) is 3.77. The predicted molar refractivity (Wildman–Crippen MR) is 82.0 cm³/mol. The van der Waals surface area contributed by atoms with Crippen molar-refractivity contribution in [1.82, 2.24) is 0 Å². The predicted octanol–water partition coefficient (Wildman–Crippen LogP) is -0.0315. The van der Waals surface area contributed by atoms with Crippen molar-refractivity contribution in [2.24, 2.45) is 5.73 Å². The molecule has 2 aromatic rings. The van der Waals surface area contributed by atoms with Gasteiger partial charge in [0.2, 0.25) is 0 Å². The second kappa shape index (κ2) is 5.91. The third kappa shape index (κ3) is 3.03. The van der Waals surface area contributed by atoms with E-state index in [2.05, 4.69) is 0 Å². The Balaban J connectivity index is 2.47. The highest BCUT2D eigenvalue weighted by molar-refractivity contribution is 7.91. The van der Waals surface area contributed by atoms with Gasteiger partial charge in [0.15, 0.2) is 9.84 Å². The Kier molecular flexibility index (Phi) is 4.36. The maximum atomic E-state index is 12.4. The second-order valence-corrected chi connectivity index (χ2v) is 6.91. The standard InChI is InChI=1S/C14H16N2O5S/c15-10-5-6-12(9-4-2-1-3-8(9)10)22(20,21)7-11(17)13(16)14(18)19/h1-6,11,13,17H,7,15-16H2,(H,18,19)/t11-,13+/m0/s1. The van der Waals surface area contributed by atoms with Crippen LogP contribution in [0.2, 0.25) is 0 Å². The van der Waals surface area contributed by atoms with Crippen LogP contribution in [-0.2, 0) is 14.6 Å². The first kappa shape index (κ1) is 16.2. The molecule has 0 heterocycles. The molecule has 6 N–H and O–H groups in total. The van der Waals surface area contributed by atoms with E-state index in [0.717, 1.165) is 0 Å². The Labute approximate surface area is 127 Å². The largest absolute Gasteiger partial charge is 0.480 e. The van der Waals surface area contributed by atoms with E-state index in [9.17, 15) is 18.3 Å². The number of carboxylic acids is 1. The van der Waals surface area contributed by atoms with E-state index in [1.54, 1.807) is 24.3 Å². The average molecular weight is 324 g/mol. The molecule has 0 aliphatic rings. The zero-order valence-electron chi connectivity index (χ0n) is 11.5. The van der Waals surface area contributed by atoms with E-state index in [0.29, 0.717) is 16.5 Å². The number of carbonyl (C=O) groups is 1. The zero-order valence-corrected chi connectivity index (χ0v) is 12.3. The summed E-state index contributed by atoms with van der Waals surface area (Å²) in [7, 11) is -3.93. The number of carboxylic acid groups (broad SMARTS) is 1. The lowest BCUT2D eigenvalue weighted by Gasteiger charge is -2.16. The van der Waals surface area contributed by atoms with Crippen molar-refractivity contribution in [3.63, 3.8) is 0 Å². The molecule has 0 amide bonds. The SMILES string of the molecule is Nc1ccc(S(=O)(=O)C[C@H](O)[C@@H](N)C(=O)O)c2ccccc12. The molecule has 0 aliphatic heterocycles. The summed E-state index contributed by atoms with van der Waals surface area (Å²) in [6, 6.07) is 7.80. The van der Waals surface area contributed by atoms with Gasteiger partial charge in [-0.2, -0.15) is 0 Å². The summed E-state index contributed by atoms with van der Waals surface area (Å²) in [5.41, 5.74) is 11.5. The average Bonchev–Trinajstić information content (AvgIpc) is 2.46. The summed E-state index contributed by atoms with van der Waals surface area (Å²) in [5, 5.41) is 19.4. The summed E-state index contributed by atoms with van der Waals surface area (Å²) < 4.78 is 24.9. The molecule has 7 nitrogen and oxygen atoms in total. The van der Waals surface area contributed by atoms with Gasteiger partial charge in [0, 0.05) is 16.5 Å². The number of anilines is 1. The Morgan fingerprint density at radius 1 is 1.14 bits per heavy atom. The molecule has 0 spiro atoms. The van der Waals surface area contributed by atoms with Crippen molar-refractivity contribution >= 4 is 32.3 Å². The lowest BCUT2D eigenvalue weighted by atomic mass is 10.1. The minimum atomic E-state index is -3.93. The number of nitrogen functional groups attached to an aromatic ring is 1.